The van der Waals surface area contributed by atoms with Crippen LogP contribution < -0.4 is 42.7 Å². The van der Waals surface area contributed by atoms with Gasteiger partial charge in [0.05, 0.1) is 0 Å². The molecule has 0 radical (unpaired) electrons. The van der Waals surface area contributed by atoms with Gasteiger partial charge in [-0.15, -0.1) is 0 Å². The third-order valence-electron chi connectivity index (χ3n) is 2.26. The van der Waals surface area contributed by atoms with Gasteiger partial charge in [-0.2, -0.15) is 0 Å². The molecular formula is C11H23Li2NSi. The Balaban J connectivity index is -0.000000211. The maximum Gasteiger partial charge on any atom is 1.00 e. The van der Waals surface area contributed by atoms with Gasteiger partial charge in [0.15, 0.2) is 0 Å². The summed E-state index contributed by atoms with van der Waals surface area (Å²) in [5.41, 5.74) is 0.235. The summed E-state index contributed by atoms with van der Waals surface area (Å²) in [5, 5.41) is 1.61. The maximum atomic E-state index is 3.77. The summed E-state index contributed by atoms with van der Waals surface area (Å²) in [6.07, 6.45) is 7.86. The summed E-state index contributed by atoms with van der Waals surface area (Å²) >= 11 is 0. The van der Waals surface area contributed by atoms with Crippen LogP contribution in [0.1, 0.15) is 30.0 Å². The standard InChI is InChI=1S/C11H21NSi.2Li.2H/c1-11(2,3)12-13(4,5)10-8-6-7-9-10;;;;/h6-8,12H,9H2,1-5H3;;;;/q;2*+1;2*-1. The fourth-order valence-electron chi connectivity index (χ4n) is 1.93. The first-order valence-electron chi connectivity index (χ1n) is 4.97. The molecule has 1 aliphatic carbocycles. The Morgan fingerprint density at radius 3 is 2.13 bits per heavy atom. The molecule has 0 bridgehead atoms. The van der Waals surface area contributed by atoms with Crippen molar-refractivity contribution in [2.75, 3.05) is 0 Å². The van der Waals surface area contributed by atoms with Gasteiger partial charge in [0.1, 0.15) is 8.24 Å². The van der Waals surface area contributed by atoms with Gasteiger partial charge in [-0.05, 0) is 27.2 Å². The molecular weight excluding hydrogens is 188 g/mol. The Bertz CT molecular complexity index is 261. The molecule has 1 nitrogen and oxygen atoms in total. The van der Waals surface area contributed by atoms with Crippen molar-refractivity contribution in [2.45, 2.75) is 45.8 Å². The molecule has 1 N–H and O–H groups in total. The van der Waals surface area contributed by atoms with E-state index in [1.165, 1.54) is 0 Å². The Morgan fingerprint density at radius 2 is 1.80 bits per heavy atom. The first-order chi connectivity index (χ1) is 5.81. The molecule has 78 valence electrons. The number of nitrogens with one attached hydrogen (secondary N) is 1. The second-order valence-electron chi connectivity index (χ2n) is 5.32. The van der Waals surface area contributed by atoms with Gasteiger partial charge in [0.25, 0.3) is 0 Å². The molecule has 0 aliphatic heterocycles. The zero-order chi connectivity index (χ0) is 10.1. The molecule has 0 unspecified atom stereocenters. The molecule has 0 fully saturated rings. The molecule has 0 saturated heterocycles. The minimum Gasteiger partial charge on any atom is -1.00 e. The molecule has 0 atom stereocenters. The Hall–Kier alpha value is 0.852. The second-order valence-corrected chi connectivity index (χ2v) is 9.47. The molecule has 15 heavy (non-hydrogen) atoms. The Morgan fingerprint density at radius 1 is 1.27 bits per heavy atom. The third kappa shape index (κ3) is 6.22. The predicted molar refractivity (Wildman–Crippen MR) is 64.4 cm³/mol. The van der Waals surface area contributed by atoms with Crippen molar-refractivity contribution in [2.24, 2.45) is 0 Å². The molecule has 0 aromatic rings. The quantitative estimate of drug-likeness (QED) is 0.488. The summed E-state index contributed by atoms with van der Waals surface area (Å²) in [4.78, 5) is 3.77. The molecule has 0 amide bonds. The summed E-state index contributed by atoms with van der Waals surface area (Å²) in [6, 6.07) is 0. The van der Waals surface area contributed by atoms with Crippen LogP contribution in [-0.2, 0) is 0 Å². The summed E-state index contributed by atoms with van der Waals surface area (Å²) in [7, 11) is -1.36. The molecule has 1 rings (SSSR count). The van der Waals surface area contributed by atoms with Crippen LogP contribution in [0, 0.1) is 0 Å². The number of hydrogen-bond acceptors (Lipinski definition) is 1. The van der Waals surface area contributed by atoms with Crippen molar-refractivity contribution in [3.05, 3.63) is 23.4 Å². The van der Waals surface area contributed by atoms with Crippen molar-refractivity contribution < 1.29 is 40.6 Å². The fourth-order valence-corrected chi connectivity index (χ4v) is 5.11. The number of rotatable bonds is 2. The van der Waals surface area contributed by atoms with Crippen LogP contribution >= 0.6 is 0 Å². The zero-order valence-corrected chi connectivity index (χ0v) is 12.4. The largest absolute Gasteiger partial charge is 1.00 e. The van der Waals surface area contributed by atoms with Crippen molar-refractivity contribution in [3.8, 4) is 0 Å². The summed E-state index contributed by atoms with van der Waals surface area (Å²) in [6.45, 7) is 11.5. The van der Waals surface area contributed by atoms with Crippen LogP contribution in [0.2, 0.25) is 13.1 Å². The normalized spacial score (nSPS) is 15.4. The van der Waals surface area contributed by atoms with E-state index in [1.807, 2.05) is 0 Å². The minimum absolute atomic E-state index is 0. The van der Waals surface area contributed by atoms with Gasteiger partial charge in [-0.25, -0.2) is 0 Å². The number of hydrogen-bond donors (Lipinski definition) is 1. The van der Waals surface area contributed by atoms with E-state index < -0.39 is 8.24 Å². The average Bonchev–Trinajstić information content (AvgIpc) is 2.29. The van der Waals surface area contributed by atoms with E-state index in [1.54, 1.807) is 5.20 Å². The van der Waals surface area contributed by atoms with Gasteiger partial charge in [-0.3, -0.25) is 0 Å². The van der Waals surface area contributed by atoms with E-state index in [0.29, 0.717) is 0 Å². The van der Waals surface area contributed by atoms with Crippen LogP contribution in [0.15, 0.2) is 23.4 Å². The van der Waals surface area contributed by atoms with Gasteiger partial charge in [0, 0.05) is 5.54 Å². The van der Waals surface area contributed by atoms with Crippen molar-refractivity contribution in [3.63, 3.8) is 0 Å². The molecule has 0 aromatic carbocycles. The average molecular weight is 211 g/mol. The summed E-state index contributed by atoms with van der Waals surface area (Å²) < 4.78 is 0. The maximum absolute atomic E-state index is 3.77. The van der Waals surface area contributed by atoms with Crippen LogP contribution in [0.3, 0.4) is 0 Å². The van der Waals surface area contributed by atoms with E-state index in [0.717, 1.165) is 6.42 Å². The third-order valence-corrected chi connectivity index (χ3v) is 5.61. The molecule has 0 aromatic heterocycles. The molecule has 0 heterocycles. The zero-order valence-electron chi connectivity index (χ0n) is 13.4. The van der Waals surface area contributed by atoms with Crippen LogP contribution in [0.25, 0.3) is 0 Å². The van der Waals surface area contributed by atoms with E-state index in [-0.39, 0.29) is 46.1 Å². The second kappa shape index (κ2) is 6.55. The van der Waals surface area contributed by atoms with Gasteiger partial charge in [-0.1, -0.05) is 36.5 Å². The fraction of sp³-hybridized carbons (Fsp3) is 0.636. The Kier molecular flexibility index (Phi) is 7.96. The first-order valence-corrected chi connectivity index (χ1v) is 7.97. The van der Waals surface area contributed by atoms with Gasteiger partial charge >= 0.3 is 37.7 Å². The van der Waals surface area contributed by atoms with Gasteiger partial charge < -0.3 is 7.84 Å². The monoisotopic (exact) mass is 211 g/mol. The number of allylic oxidation sites excluding steroid dienone is 4. The van der Waals surface area contributed by atoms with Crippen molar-refractivity contribution in [1.82, 2.24) is 4.98 Å². The van der Waals surface area contributed by atoms with Gasteiger partial charge in [0.2, 0.25) is 0 Å². The van der Waals surface area contributed by atoms with Crippen molar-refractivity contribution in [1.29, 1.82) is 0 Å². The first kappa shape index (κ1) is 18.2. The smallest absolute Gasteiger partial charge is 1.00 e. The molecule has 4 heteroatoms. The molecule has 0 spiro atoms. The van der Waals surface area contributed by atoms with Crippen molar-refractivity contribution >= 4 is 8.24 Å². The topological polar surface area (TPSA) is 12.0 Å². The summed E-state index contributed by atoms with van der Waals surface area (Å²) in [5.74, 6) is 0. The SMILES string of the molecule is CC(C)(C)N[Si](C)(C)C1=CC=CC1.[H-].[H-].[Li+].[Li+]. The Labute approximate surface area is 123 Å². The van der Waals surface area contributed by atoms with Crippen LogP contribution in [-0.4, -0.2) is 13.8 Å². The van der Waals surface area contributed by atoms with E-state index in [4.69, 9.17) is 0 Å². The van der Waals surface area contributed by atoms with Crippen LogP contribution in [0.4, 0.5) is 0 Å². The molecule has 0 saturated carbocycles. The predicted octanol–water partition coefficient (Wildman–Crippen LogP) is -2.76. The van der Waals surface area contributed by atoms with E-state index >= 15 is 0 Å². The minimum atomic E-state index is -1.36. The van der Waals surface area contributed by atoms with E-state index in [9.17, 15) is 0 Å². The van der Waals surface area contributed by atoms with Crippen LogP contribution in [0.5, 0.6) is 0 Å². The molecule has 1 aliphatic rings. The van der Waals surface area contributed by atoms with E-state index in [2.05, 4.69) is 57.1 Å².